The minimum absolute atomic E-state index is 0.125. The Bertz CT molecular complexity index is 1010. The van der Waals surface area contributed by atoms with E-state index in [4.69, 9.17) is 5.73 Å². The number of aliphatic hydroxyl groups excluding tert-OH is 2. The molecule has 37 heavy (non-hydrogen) atoms. The van der Waals surface area contributed by atoms with E-state index in [1.54, 1.807) is 30.3 Å². The van der Waals surface area contributed by atoms with Gasteiger partial charge in [0.2, 0.25) is 23.6 Å². The van der Waals surface area contributed by atoms with E-state index in [1.165, 1.54) is 9.80 Å². The van der Waals surface area contributed by atoms with Gasteiger partial charge < -0.3 is 36.2 Å². The summed E-state index contributed by atoms with van der Waals surface area (Å²) in [5.41, 5.74) is 5.80. The number of nitrogens with two attached hydrogens (primary N) is 1. The zero-order chi connectivity index (χ0) is 27.1. The van der Waals surface area contributed by atoms with Gasteiger partial charge in [-0.05, 0) is 31.2 Å². The molecule has 6 N–H and O–H groups in total. The summed E-state index contributed by atoms with van der Waals surface area (Å²) in [6.07, 6.45) is 0.277. The van der Waals surface area contributed by atoms with Gasteiger partial charge in [0.15, 0.2) is 0 Å². The summed E-state index contributed by atoms with van der Waals surface area (Å²) >= 11 is 0. The molecule has 1 aromatic carbocycles. The number of carbonyl (C=O) groups is 5. The Morgan fingerprint density at radius 2 is 1.59 bits per heavy atom. The topological polar surface area (TPSA) is 194 Å². The summed E-state index contributed by atoms with van der Waals surface area (Å²) in [4.78, 5) is 66.5. The minimum atomic E-state index is -1.41. The Morgan fingerprint density at radius 3 is 2.16 bits per heavy atom. The van der Waals surface area contributed by atoms with Gasteiger partial charge in [0.05, 0.1) is 13.2 Å². The Hall–Kier alpha value is -3.71. The van der Waals surface area contributed by atoms with Crippen molar-refractivity contribution in [3.8, 4) is 0 Å². The van der Waals surface area contributed by atoms with Crippen molar-refractivity contribution in [3.05, 3.63) is 35.9 Å². The number of hydrogen-bond acceptors (Lipinski definition) is 7. The maximum atomic E-state index is 13.5. The van der Waals surface area contributed by atoms with E-state index in [2.05, 4.69) is 5.32 Å². The van der Waals surface area contributed by atoms with Crippen molar-refractivity contribution in [2.45, 2.75) is 56.4 Å². The average Bonchev–Trinajstić information content (AvgIpc) is 3.57. The van der Waals surface area contributed by atoms with Gasteiger partial charge in [-0.3, -0.25) is 24.1 Å². The van der Waals surface area contributed by atoms with Crippen LogP contribution < -0.4 is 11.1 Å². The van der Waals surface area contributed by atoms with E-state index in [0.717, 1.165) is 4.90 Å². The highest BCUT2D eigenvalue weighted by Gasteiger charge is 2.45. The SMILES string of the molecule is NC(=O)[C@H](CO)NC(=O)[C@@H]1CCCN1C(=O)[C@@H]1CCCN1C(=O)[C@H](CO)N(Cc1ccccc1)C(=O)O. The van der Waals surface area contributed by atoms with Crippen LogP contribution in [0.2, 0.25) is 0 Å². The number of primary amides is 1. The van der Waals surface area contributed by atoms with E-state index < -0.39 is 67.1 Å². The van der Waals surface area contributed by atoms with Crippen LogP contribution >= 0.6 is 0 Å². The lowest BCUT2D eigenvalue weighted by Crippen LogP contribution is -2.58. The van der Waals surface area contributed by atoms with Crippen molar-refractivity contribution in [1.29, 1.82) is 0 Å². The summed E-state index contributed by atoms with van der Waals surface area (Å²) in [7, 11) is 0. The first-order chi connectivity index (χ1) is 17.7. The summed E-state index contributed by atoms with van der Waals surface area (Å²) in [5.74, 6) is -2.70. The molecule has 4 atom stereocenters. The van der Waals surface area contributed by atoms with Crippen LogP contribution in [-0.2, 0) is 25.7 Å². The normalized spacial score (nSPS) is 20.8. The third-order valence-corrected chi connectivity index (χ3v) is 6.78. The molecule has 0 bridgehead atoms. The molecule has 13 nitrogen and oxygen atoms in total. The molecular formula is C24H33N5O8. The minimum Gasteiger partial charge on any atom is -0.465 e. The highest BCUT2D eigenvalue weighted by atomic mass is 16.4. The van der Waals surface area contributed by atoms with E-state index in [0.29, 0.717) is 31.2 Å². The van der Waals surface area contributed by atoms with E-state index in [-0.39, 0.29) is 19.6 Å². The van der Waals surface area contributed by atoms with Crippen LogP contribution in [0.4, 0.5) is 4.79 Å². The number of hydrogen-bond donors (Lipinski definition) is 5. The Kier molecular flexibility index (Phi) is 9.42. The number of rotatable bonds is 10. The maximum Gasteiger partial charge on any atom is 0.408 e. The number of amides is 5. The number of nitrogens with zero attached hydrogens (tertiary/aromatic N) is 3. The molecule has 2 fully saturated rings. The van der Waals surface area contributed by atoms with Crippen molar-refractivity contribution in [1.82, 2.24) is 20.0 Å². The van der Waals surface area contributed by atoms with Gasteiger partial charge in [0, 0.05) is 19.6 Å². The molecule has 0 radical (unpaired) electrons. The molecule has 13 heteroatoms. The van der Waals surface area contributed by atoms with Crippen LogP contribution in [-0.4, -0.2) is 110 Å². The van der Waals surface area contributed by atoms with Crippen molar-refractivity contribution < 1.29 is 39.3 Å². The smallest absolute Gasteiger partial charge is 0.408 e. The number of carboxylic acid groups (broad SMARTS) is 1. The molecule has 0 saturated carbocycles. The van der Waals surface area contributed by atoms with Gasteiger partial charge in [0.1, 0.15) is 24.2 Å². The Balaban J connectivity index is 1.75. The molecule has 2 aliphatic heterocycles. The number of carbonyl (C=O) groups excluding carboxylic acids is 4. The second kappa shape index (κ2) is 12.5. The lowest BCUT2D eigenvalue weighted by atomic mass is 10.1. The maximum absolute atomic E-state index is 13.5. The fourth-order valence-electron chi connectivity index (χ4n) is 4.85. The van der Waals surface area contributed by atoms with Crippen LogP contribution in [0.1, 0.15) is 31.2 Å². The van der Waals surface area contributed by atoms with Gasteiger partial charge in [-0.2, -0.15) is 0 Å². The lowest BCUT2D eigenvalue weighted by Gasteiger charge is -2.35. The third-order valence-electron chi connectivity index (χ3n) is 6.78. The van der Waals surface area contributed by atoms with E-state index >= 15 is 0 Å². The number of aliphatic hydroxyl groups is 2. The summed E-state index contributed by atoms with van der Waals surface area (Å²) in [6.45, 7) is -1.12. The molecule has 0 spiro atoms. The zero-order valence-electron chi connectivity index (χ0n) is 20.4. The quantitative estimate of drug-likeness (QED) is 0.246. The Morgan fingerprint density at radius 1 is 0.973 bits per heavy atom. The average molecular weight is 520 g/mol. The van der Waals surface area contributed by atoms with Crippen LogP contribution in [0, 0.1) is 0 Å². The highest BCUT2D eigenvalue weighted by molar-refractivity contribution is 5.95. The Labute approximate surface area is 213 Å². The molecular weight excluding hydrogens is 486 g/mol. The summed E-state index contributed by atoms with van der Waals surface area (Å²) < 4.78 is 0. The van der Waals surface area contributed by atoms with Gasteiger partial charge in [0.25, 0.3) is 0 Å². The number of benzene rings is 1. The first kappa shape index (κ1) is 27.9. The van der Waals surface area contributed by atoms with Crippen molar-refractivity contribution in [3.63, 3.8) is 0 Å². The van der Waals surface area contributed by atoms with E-state index in [9.17, 15) is 39.3 Å². The van der Waals surface area contributed by atoms with Crippen molar-refractivity contribution in [2.24, 2.45) is 5.73 Å². The zero-order valence-corrected chi connectivity index (χ0v) is 20.4. The highest BCUT2D eigenvalue weighted by Crippen LogP contribution is 2.26. The molecule has 5 amide bonds. The van der Waals surface area contributed by atoms with E-state index in [1.807, 2.05) is 0 Å². The monoisotopic (exact) mass is 519 g/mol. The molecule has 1 aromatic rings. The molecule has 2 saturated heterocycles. The third kappa shape index (κ3) is 6.35. The fraction of sp³-hybridized carbons (Fsp3) is 0.542. The first-order valence-corrected chi connectivity index (χ1v) is 12.2. The fourth-order valence-corrected chi connectivity index (χ4v) is 4.85. The largest absolute Gasteiger partial charge is 0.465 e. The predicted molar refractivity (Wildman–Crippen MR) is 129 cm³/mol. The molecule has 3 rings (SSSR count). The number of nitrogens with one attached hydrogen (secondary N) is 1. The molecule has 0 aliphatic carbocycles. The predicted octanol–water partition coefficient (Wildman–Crippen LogP) is -1.53. The summed E-state index contributed by atoms with van der Waals surface area (Å²) in [5, 5.41) is 31.4. The van der Waals surface area contributed by atoms with Crippen LogP contribution in [0.5, 0.6) is 0 Å². The van der Waals surface area contributed by atoms with Crippen molar-refractivity contribution in [2.75, 3.05) is 26.3 Å². The van der Waals surface area contributed by atoms with Gasteiger partial charge in [-0.15, -0.1) is 0 Å². The summed E-state index contributed by atoms with van der Waals surface area (Å²) in [6, 6.07) is 4.12. The molecule has 2 aliphatic rings. The molecule has 0 aromatic heterocycles. The van der Waals surface area contributed by atoms with Crippen LogP contribution in [0.3, 0.4) is 0 Å². The van der Waals surface area contributed by atoms with Crippen LogP contribution in [0.15, 0.2) is 30.3 Å². The molecule has 0 unspecified atom stereocenters. The van der Waals surface area contributed by atoms with Crippen LogP contribution in [0.25, 0.3) is 0 Å². The van der Waals surface area contributed by atoms with Crippen molar-refractivity contribution >= 4 is 29.7 Å². The van der Waals surface area contributed by atoms with Gasteiger partial charge in [-0.25, -0.2) is 4.79 Å². The van der Waals surface area contributed by atoms with Gasteiger partial charge >= 0.3 is 6.09 Å². The number of likely N-dealkylation sites (tertiary alicyclic amines) is 2. The first-order valence-electron chi connectivity index (χ1n) is 12.2. The van der Waals surface area contributed by atoms with Gasteiger partial charge in [-0.1, -0.05) is 30.3 Å². The lowest BCUT2D eigenvalue weighted by molar-refractivity contribution is -0.149. The molecule has 202 valence electrons. The standard InChI is InChI=1S/C24H33N5O8/c25-20(32)16(13-30)26-21(33)17-8-4-10-27(17)22(34)18-9-5-11-28(18)23(35)19(14-31)29(24(36)37)12-15-6-2-1-3-7-15/h1-3,6-7,16-19,30-31H,4-5,8-14H2,(H2,25,32)(H,26,33)(H,36,37)/t16-,17-,18-,19-/m0/s1. The second-order valence-corrected chi connectivity index (χ2v) is 9.12. The molecule has 2 heterocycles. The second-order valence-electron chi connectivity index (χ2n) is 9.12.